The lowest BCUT2D eigenvalue weighted by Crippen LogP contribution is -2.44. The van der Waals surface area contributed by atoms with Gasteiger partial charge in [0.25, 0.3) is 5.91 Å². The molecule has 1 aromatic rings. The van der Waals surface area contributed by atoms with Crippen LogP contribution in [0.5, 0.6) is 5.75 Å². The van der Waals surface area contributed by atoms with Gasteiger partial charge in [0, 0.05) is 12.8 Å². The molecular weight excluding hydrogens is 334 g/mol. The Labute approximate surface area is 155 Å². The Hall–Kier alpha value is -2.08. The fraction of sp³-hybridized carbons (Fsp3) is 0.600. The predicted octanol–water partition coefficient (Wildman–Crippen LogP) is 3.80. The lowest BCUT2D eigenvalue weighted by Gasteiger charge is -2.26. The predicted molar refractivity (Wildman–Crippen MR) is 99.6 cm³/mol. The Morgan fingerprint density at radius 3 is 2.58 bits per heavy atom. The second kappa shape index (κ2) is 9.03. The second-order valence-electron chi connectivity index (χ2n) is 6.67. The summed E-state index contributed by atoms with van der Waals surface area (Å²) in [7, 11) is 1.55. The van der Waals surface area contributed by atoms with E-state index in [4.69, 9.17) is 14.2 Å². The van der Waals surface area contributed by atoms with E-state index in [0.29, 0.717) is 23.6 Å². The largest absolute Gasteiger partial charge is 0.493 e. The molecule has 6 nitrogen and oxygen atoms in total. The van der Waals surface area contributed by atoms with Gasteiger partial charge in [-0.15, -0.1) is 0 Å². The van der Waals surface area contributed by atoms with Crippen LogP contribution in [-0.4, -0.2) is 37.8 Å². The Bertz CT molecular complexity index is 641. The topological polar surface area (TPSA) is 73.9 Å². The third-order valence-corrected chi connectivity index (χ3v) is 4.72. The number of amides is 1. The third kappa shape index (κ3) is 4.75. The Balaban J connectivity index is 2.19. The zero-order chi connectivity index (χ0) is 19.2. The molecule has 1 atom stereocenters. The Morgan fingerprint density at radius 1 is 1.27 bits per heavy atom. The lowest BCUT2D eigenvalue weighted by molar-refractivity contribution is -0.138. The first-order chi connectivity index (χ1) is 12.5. The van der Waals surface area contributed by atoms with Crippen LogP contribution in [0.25, 0.3) is 0 Å². The van der Waals surface area contributed by atoms with Crippen molar-refractivity contribution < 1.29 is 23.8 Å². The minimum atomic E-state index is -0.861. The molecule has 0 bridgehead atoms. The van der Waals surface area contributed by atoms with E-state index in [1.165, 1.54) is 0 Å². The van der Waals surface area contributed by atoms with Gasteiger partial charge in [-0.3, -0.25) is 4.79 Å². The van der Waals surface area contributed by atoms with E-state index in [1.807, 2.05) is 0 Å². The summed E-state index contributed by atoms with van der Waals surface area (Å²) in [5.74, 6) is 0.0176. The number of hydrogen-bond acceptors (Lipinski definition) is 5. The molecule has 0 saturated heterocycles. The molecule has 1 aliphatic carbocycles. The van der Waals surface area contributed by atoms with E-state index < -0.39 is 11.6 Å². The molecule has 0 aliphatic heterocycles. The number of unbranched alkanes of at least 4 members (excludes halogenated alkanes) is 1. The smallest absolute Gasteiger partial charge is 0.341 e. The van der Waals surface area contributed by atoms with Crippen LogP contribution in [0.3, 0.4) is 0 Å². The van der Waals surface area contributed by atoms with E-state index in [1.54, 1.807) is 39.2 Å². The van der Waals surface area contributed by atoms with Crippen LogP contribution in [-0.2, 0) is 14.3 Å². The van der Waals surface area contributed by atoms with Crippen LogP contribution in [0, 0.1) is 5.92 Å². The maximum absolute atomic E-state index is 12.7. The summed E-state index contributed by atoms with van der Waals surface area (Å²) < 4.78 is 16.3. The number of anilines is 1. The summed E-state index contributed by atoms with van der Waals surface area (Å²) in [5, 5.41) is 2.86. The molecule has 26 heavy (non-hydrogen) atoms. The molecule has 1 saturated carbocycles. The van der Waals surface area contributed by atoms with Gasteiger partial charge >= 0.3 is 5.97 Å². The molecule has 0 aromatic heterocycles. The number of hydrogen-bond donors (Lipinski definition) is 1. The number of benzene rings is 1. The molecule has 0 radical (unpaired) electrons. The molecule has 1 aromatic carbocycles. The molecule has 0 unspecified atom stereocenters. The average Bonchev–Trinajstić information content (AvgIpc) is 3.48. The highest BCUT2D eigenvalue weighted by Gasteiger charge is 2.47. The van der Waals surface area contributed by atoms with E-state index in [-0.39, 0.29) is 18.4 Å². The SMILES string of the molecule is CCCCOc1ccc(NC(=O)[C@@](C)(OC)C2CC2)cc1C(=O)OCC. The standard InChI is InChI=1S/C20H29NO5/c1-5-7-12-26-17-11-10-15(13-16(17)18(22)25-6-2)21-19(23)20(3,24-4)14-8-9-14/h10-11,13-14H,5-9,12H2,1-4H3,(H,21,23)/t20-/m0/s1. The first kappa shape index (κ1) is 20.2. The van der Waals surface area contributed by atoms with E-state index in [9.17, 15) is 9.59 Å². The van der Waals surface area contributed by atoms with Crippen LogP contribution in [0.4, 0.5) is 5.69 Å². The molecule has 1 N–H and O–H groups in total. The van der Waals surface area contributed by atoms with Gasteiger partial charge in [-0.05, 0) is 57.2 Å². The van der Waals surface area contributed by atoms with Crippen LogP contribution in [0.1, 0.15) is 56.8 Å². The zero-order valence-corrected chi connectivity index (χ0v) is 16.1. The van der Waals surface area contributed by atoms with Gasteiger partial charge in [0.15, 0.2) is 0 Å². The normalized spacial score (nSPS) is 15.8. The van der Waals surface area contributed by atoms with E-state index >= 15 is 0 Å². The van der Waals surface area contributed by atoms with Crippen LogP contribution in [0.2, 0.25) is 0 Å². The van der Waals surface area contributed by atoms with Gasteiger partial charge in [-0.25, -0.2) is 4.79 Å². The molecule has 144 valence electrons. The molecule has 0 heterocycles. The number of carbonyl (C=O) groups excluding carboxylic acids is 2. The summed E-state index contributed by atoms with van der Waals surface area (Å²) in [6.45, 7) is 6.42. The summed E-state index contributed by atoms with van der Waals surface area (Å²) >= 11 is 0. The second-order valence-corrected chi connectivity index (χ2v) is 6.67. The fourth-order valence-corrected chi connectivity index (χ4v) is 2.76. The van der Waals surface area contributed by atoms with Gasteiger partial charge in [-0.2, -0.15) is 0 Å². The van der Waals surface area contributed by atoms with Crippen LogP contribution in [0.15, 0.2) is 18.2 Å². The number of rotatable bonds is 10. The highest BCUT2D eigenvalue weighted by Crippen LogP contribution is 2.42. The molecule has 0 spiro atoms. The minimum absolute atomic E-state index is 0.211. The first-order valence-electron chi connectivity index (χ1n) is 9.26. The van der Waals surface area contributed by atoms with Gasteiger partial charge in [-0.1, -0.05) is 13.3 Å². The lowest BCUT2D eigenvalue weighted by atomic mass is 9.99. The summed E-state index contributed by atoms with van der Waals surface area (Å²) in [6, 6.07) is 5.02. The molecule has 6 heteroatoms. The van der Waals surface area contributed by atoms with Crippen molar-refractivity contribution in [3.05, 3.63) is 23.8 Å². The zero-order valence-electron chi connectivity index (χ0n) is 16.1. The molecule has 1 fully saturated rings. The van der Waals surface area contributed by atoms with Gasteiger partial charge in [0.05, 0.1) is 13.2 Å². The van der Waals surface area contributed by atoms with Crippen molar-refractivity contribution >= 4 is 17.6 Å². The van der Waals surface area contributed by atoms with Crippen molar-refractivity contribution in [3.8, 4) is 5.75 Å². The summed E-state index contributed by atoms with van der Waals surface area (Å²) in [6.07, 6.45) is 3.86. The number of ether oxygens (including phenoxy) is 3. The Kier molecular flexibility index (Phi) is 7.03. The number of methoxy groups -OCH3 is 1. The van der Waals surface area contributed by atoms with Crippen molar-refractivity contribution in [2.45, 2.75) is 52.1 Å². The first-order valence-corrected chi connectivity index (χ1v) is 9.26. The van der Waals surface area contributed by atoms with E-state index in [0.717, 1.165) is 25.7 Å². The van der Waals surface area contributed by atoms with Crippen LogP contribution >= 0.6 is 0 Å². The summed E-state index contributed by atoms with van der Waals surface area (Å²) in [5.41, 5.74) is -0.0310. The van der Waals surface area contributed by atoms with E-state index in [2.05, 4.69) is 12.2 Å². The van der Waals surface area contributed by atoms with Gasteiger partial charge in [0.1, 0.15) is 16.9 Å². The van der Waals surface area contributed by atoms with Crippen molar-refractivity contribution in [1.82, 2.24) is 0 Å². The van der Waals surface area contributed by atoms with Crippen molar-refractivity contribution in [3.63, 3.8) is 0 Å². The molecule has 1 amide bonds. The van der Waals surface area contributed by atoms with Gasteiger partial charge in [0.2, 0.25) is 0 Å². The monoisotopic (exact) mass is 363 g/mol. The summed E-state index contributed by atoms with van der Waals surface area (Å²) in [4.78, 5) is 24.9. The van der Waals surface area contributed by atoms with Crippen molar-refractivity contribution in [2.24, 2.45) is 5.92 Å². The number of carbonyl (C=O) groups is 2. The maximum atomic E-state index is 12.7. The number of esters is 1. The highest BCUT2D eigenvalue weighted by molar-refractivity contribution is 6.00. The highest BCUT2D eigenvalue weighted by atomic mass is 16.5. The molecular formula is C20H29NO5. The molecule has 1 aliphatic rings. The fourth-order valence-electron chi connectivity index (χ4n) is 2.76. The maximum Gasteiger partial charge on any atom is 0.341 e. The van der Waals surface area contributed by atoms with Crippen molar-refractivity contribution in [2.75, 3.05) is 25.6 Å². The third-order valence-electron chi connectivity index (χ3n) is 4.72. The van der Waals surface area contributed by atoms with Crippen LogP contribution < -0.4 is 10.1 Å². The van der Waals surface area contributed by atoms with Crippen molar-refractivity contribution in [1.29, 1.82) is 0 Å². The minimum Gasteiger partial charge on any atom is -0.493 e. The molecule has 2 rings (SSSR count). The van der Waals surface area contributed by atoms with Gasteiger partial charge < -0.3 is 19.5 Å². The number of nitrogens with one attached hydrogen (secondary N) is 1. The quantitative estimate of drug-likeness (QED) is 0.506. The average molecular weight is 363 g/mol. The Morgan fingerprint density at radius 2 is 2.00 bits per heavy atom.